The highest BCUT2D eigenvalue weighted by Gasteiger charge is 2.30. The van der Waals surface area contributed by atoms with E-state index in [-0.39, 0.29) is 25.0 Å². The van der Waals surface area contributed by atoms with Gasteiger partial charge in [0, 0.05) is 24.5 Å². The second-order valence-electron chi connectivity index (χ2n) is 7.87. The van der Waals surface area contributed by atoms with Gasteiger partial charge in [-0.15, -0.1) is 0 Å². The number of nitrogens with zero attached hydrogens (tertiary/aromatic N) is 1. The molecule has 3 aromatic rings. The Hall–Kier alpha value is -2.64. The van der Waals surface area contributed by atoms with Gasteiger partial charge < -0.3 is 15.0 Å². The Labute approximate surface area is 217 Å². The Morgan fingerprint density at radius 1 is 0.941 bits per heavy atom. The molecule has 0 saturated heterocycles. The van der Waals surface area contributed by atoms with Gasteiger partial charge in [0.15, 0.2) is 6.61 Å². The van der Waals surface area contributed by atoms with Crippen molar-refractivity contribution in [3.8, 4) is 5.75 Å². The summed E-state index contributed by atoms with van der Waals surface area (Å²) in [5.41, 5.74) is 3.07. The van der Waals surface area contributed by atoms with Crippen LogP contribution in [0.1, 0.15) is 23.6 Å². The van der Waals surface area contributed by atoms with Gasteiger partial charge in [-0.25, -0.2) is 0 Å². The number of hydrogen-bond donors (Lipinski definition) is 1. The van der Waals surface area contributed by atoms with Crippen LogP contribution in [-0.4, -0.2) is 36.4 Å². The van der Waals surface area contributed by atoms with Gasteiger partial charge in [-0.2, -0.15) is 0 Å². The van der Waals surface area contributed by atoms with E-state index in [1.807, 2.05) is 72.8 Å². The number of benzene rings is 3. The van der Waals surface area contributed by atoms with Crippen LogP contribution in [0.4, 0.5) is 0 Å². The van der Waals surface area contributed by atoms with Crippen LogP contribution in [0.2, 0.25) is 0 Å². The number of aryl methyl sites for hydroxylation is 1. The summed E-state index contributed by atoms with van der Waals surface area (Å²) in [4.78, 5) is 28.0. The molecule has 178 valence electrons. The Morgan fingerprint density at radius 2 is 1.62 bits per heavy atom. The smallest absolute Gasteiger partial charge is 0.261 e. The lowest BCUT2D eigenvalue weighted by Crippen LogP contribution is -2.51. The normalized spacial score (nSPS) is 11.5. The highest BCUT2D eigenvalue weighted by atomic mass is 79.9. The molecule has 1 atom stereocenters. The van der Waals surface area contributed by atoms with Crippen molar-refractivity contribution in [2.75, 3.05) is 13.7 Å². The first kappa shape index (κ1) is 26.0. The number of ether oxygens (including phenoxy) is 1. The predicted octanol–water partition coefficient (Wildman–Crippen LogP) is 5.54. The van der Waals surface area contributed by atoms with Gasteiger partial charge in [0.05, 0.1) is 4.47 Å². The Bertz CT molecular complexity index is 1100. The van der Waals surface area contributed by atoms with E-state index in [0.717, 1.165) is 26.5 Å². The van der Waals surface area contributed by atoms with Crippen molar-refractivity contribution in [1.29, 1.82) is 0 Å². The fourth-order valence-corrected chi connectivity index (χ4v) is 4.42. The molecule has 3 aromatic carbocycles. The highest BCUT2D eigenvalue weighted by molar-refractivity contribution is 9.10. The van der Waals surface area contributed by atoms with E-state index in [4.69, 9.17) is 4.74 Å². The van der Waals surface area contributed by atoms with Crippen LogP contribution in [0.25, 0.3) is 0 Å². The van der Waals surface area contributed by atoms with Crippen molar-refractivity contribution >= 4 is 43.7 Å². The monoisotopic (exact) mass is 586 g/mol. The van der Waals surface area contributed by atoms with Crippen LogP contribution in [0.3, 0.4) is 0 Å². The maximum Gasteiger partial charge on any atom is 0.261 e. The van der Waals surface area contributed by atoms with E-state index >= 15 is 0 Å². The number of carbonyl (C=O) groups excluding carboxylic acids is 2. The summed E-state index contributed by atoms with van der Waals surface area (Å²) in [7, 11) is 1.59. The molecule has 0 heterocycles. The molecule has 0 radical (unpaired) electrons. The fraction of sp³-hybridized carbons (Fsp3) is 0.259. The second kappa shape index (κ2) is 12.7. The minimum absolute atomic E-state index is 0.178. The molecular formula is C27H28Br2N2O3. The van der Waals surface area contributed by atoms with E-state index in [2.05, 4.69) is 44.1 Å². The molecule has 5 nitrogen and oxygen atoms in total. The van der Waals surface area contributed by atoms with Gasteiger partial charge in [-0.3, -0.25) is 9.59 Å². The van der Waals surface area contributed by atoms with E-state index in [1.54, 1.807) is 11.9 Å². The highest BCUT2D eigenvalue weighted by Crippen LogP contribution is 2.26. The Balaban J connectivity index is 1.86. The summed E-state index contributed by atoms with van der Waals surface area (Å²) < 4.78 is 7.62. The van der Waals surface area contributed by atoms with Crippen LogP contribution in [0, 0.1) is 0 Å². The van der Waals surface area contributed by atoms with Gasteiger partial charge in [0.1, 0.15) is 11.8 Å². The zero-order valence-electron chi connectivity index (χ0n) is 19.3. The molecule has 0 aliphatic heterocycles. The molecule has 7 heteroatoms. The third kappa shape index (κ3) is 7.18. The van der Waals surface area contributed by atoms with Gasteiger partial charge >= 0.3 is 0 Å². The quantitative estimate of drug-likeness (QED) is 0.339. The first-order valence-electron chi connectivity index (χ1n) is 11.1. The molecule has 0 aliphatic carbocycles. The summed E-state index contributed by atoms with van der Waals surface area (Å²) in [5, 5.41) is 2.72. The van der Waals surface area contributed by atoms with Crippen molar-refractivity contribution < 1.29 is 14.3 Å². The maximum absolute atomic E-state index is 13.5. The summed E-state index contributed by atoms with van der Waals surface area (Å²) in [6.45, 7) is 2.19. The first-order chi connectivity index (χ1) is 16.4. The topological polar surface area (TPSA) is 58.6 Å². The molecule has 0 bridgehead atoms. The van der Waals surface area contributed by atoms with Crippen molar-refractivity contribution in [1.82, 2.24) is 10.2 Å². The molecule has 0 aliphatic rings. The number of rotatable bonds is 10. The average molecular weight is 588 g/mol. The van der Waals surface area contributed by atoms with E-state index in [9.17, 15) is 9.59 Å². The van der Waals surface area contributed by atoms with Crippen molar-refractivity contribution in [3.63, 3.8) is 0 Å². The van der Waals surface area contributed by atoms with E-state index < -0.39 is 6.04 Å². The number of carbonyl (C=O) groups is 2. The van der Waals surface area contributed by atoms with Crippen LogP contribution in [0.5, 0.6) is 5.75 Å². The number of hydrogen-bond acceptors (Lipinski definition) is 3. The lowest BCUT2D eigenvalue weighted by molar-refractivity contribution is -0.142. The molecule has 0 aromatic heterocycles. The van der Waals surface area contributed by atoms with Crippen molar-refractivity contribution in [2.45, 2.75) is 32.4 Å². The second-order valence-corrected chi connectivity index (χ2v) is 9.64. The van der Waals surface area contributed by atoms with Gasteiger partial charge in [0.25, 0.3) is 5.91 Å². The summed E-state index contributed by atoms with van der Waals surface area (Å²) in [5.74, 6) is 0.107. The molecular weight excluding hydrogens is 560 g/mol. The summed E-state index contributed by atoms with van der Waals surface area (Å²) in [6, 6.07) is 22.6. The largest absolute Gasteiger partial charge is 0.483 e. The zero-order valence-corrected chi connectivity index (χ0v) is 22.4. The van der Waals surface area contributed by atoms with E-state index in [0.29, 0.717) is 12.2 Å². The number of likely N-dealkylation sites (N-methyl/N-ethyl adjacent to an activating group) is 1. The average Bonchev–Trinajstić information content (AvgIpc) is 2.86. The lowest BCUT2D eigenvalue weighted by atomic mass is 10.0. The van der Waals surface area contributed by atoms with Crippen LogP contribution < -0.4 is 10.1 Å². The SMILES string of the molecule is CCc1ccc(OCC(=O)N(Cc2ccc(Br)cc2)C(Cc2ccccc2)C(=O)NC)c(Br)c1. The summed E-state index contributed by atoms with van der Waals surface area (Å²) in [6.07, 6.45) is 1.31. The standard InChI is InChI=1S/C27H28Br2N2O3/c1-3-19-11-14-25(23(29)15-19)34-18-26(32)31(17-21-9-12-22(28)13-10-21)24(27(33)30-2)16-20-7-5-4-6-8-20/h4-15,24H,3,16-18H2,1-2H3,(H,30,33). The zero-order chi connectivity index (χ0) is 24.5. The first-order valence-corrected chi connectivity index (χ1v) is 12.7. The van der Waals surface area contributed by atoms with Crippen LogP contribution in [0.15, 0.2) is 81.7 Å². The van der Waals surface area contributed by atoms with E-state index in [1.165, 1.54) is 5.56 Å². The molecule has 0 spiro atoms. The number of halogens is 2. The maximum atomic E-state index is 13.5. The van der Waals surface area contributed by atoms with Gasteiger partial charge in [-0.1, -0.05) is 71.4 Å². The number of nitrogens with one attached hydrogen (secondary N) is 1. The third-order valence-electron chi connectivity index (χ3n) is 5.54. The summed E-state index contributed by atoms with van der Waals surface area (Å²) >= 11 is 6.97. The lowest BCUT2D eigenvalue weighted by Gasteiger charge is -2.31. The predicted molar refractivity (Wildman–Crippen MR) is 142 cm³/mol. The Morgan fingerprint density at radius 3 is 2.24 bits per heavy atom. The van der Waals surface area contributed by atoms with Crippen LogP contribution >= 0.6 is 31.9 Å². The molecule has 1 unspecified atom stereocenters. The fourth-order valence-electron chi connectivity index (χ4n) is 3.61. The molecule has 1 N–H and O–H groups in total. The van der Waals surface area contributed by atoms with Gasteiger partial charge in [-0.05, 0) is 63.3 Å². The molecule has 0 fully saturated rings. The van der Waals surface area contributed by atoms with Crippen molar-refractivity contribution in [3.05, 3.63) is 98.4 Å². The van der Waals surface area contributed by atoms with Gasteiger partial charge in [0.2, 0.25) is 5.91 Å². The minimum atomic E-state index is -0.682. The minimum Gasteiger partial charge on any atom is -0.483 e. The third-order valence-corrected chi connectivity index (χ3v) is 6.69. The van der Waals surface area contributed by atoms with Crippen LogP contribution in [-0.2, 0) is 29.0 Å². The molecule has 34 heavy (non-hydrogen) atoms. The molecule has 0 saturated carbocycles. The molecule has 2 amide bonds. The van der Waals surface area contributed by atoms with Crippen molar-refractivity contribution in [2.24, 2.45) is 0 Å². The molecule has 3 rings (SSSR count). The Kier molecular flexibility index (Phi) is 9.72. The number of amides is 2.